The Balaban J connectivity index is 1.73. The minimum absolute atomic E-state index is 0.251. The number of aryl methyl sites for hydroxylation is 1. The van der Waals surface area contributed by atoms with Crippen molar-refractivity contribution in [2.75, 3.05) is 6.61 Å². The Morgan fingerprint density at radius 1 is 1.19 bits per heavy atom. The predicted molar refractivity (Wildman–Crippen MR) is 98.8 cm³/mol. The van der Waals surface area contributed by atoms with Crippen molar-refractivity contribution in [3.05, 3.63) is 70.1 Å². The van der Waals surface area contributed by atoms with Crippen molar-refractivity contribution in [1.82, 2.24) is 0 Å². The highest BCUT2D eigenvalue weighted by Crippen LogP contribution is 2.24. The number of nitrogens with zero attached hydrogens (tertiary/aromatic N) is 1. The molecule has 0 amide bonds. The lowest BCUT2D eigenvalue weighted by atomic mass is 10.1. The van der Waals surface area contributed by atoms with Crippen molar-refractivity contribution in [2.45, 2.75) is 19.8 Å². The van der Waals surface area contributed by atoms with E-state index in [0.29, 0.717) is 16.9 Å². The van der Waals surface area contributed by atoms with Crippen molar-refractivity contribution in [1.29, 1.82) is 5.26 Å². The van der Waals surface area contributed by atoms with Crippen molar-refractivity contribution in [3.8, 4) is 17.6 Å². The largest absolute Gasteiger partial charge is 0.481 e. The lowest BCUT2D eigenvalue weighted by molar-refractivity contribution is -0.136. The van der Waals surface area contributed by atoms with Gasteiger partial charge in [-0.05, 0) is 36.2 Å². The lowest BCUT2D eigenvalue weighted by Gasteiger charge is -2.09. The third-order valence-corrected chi connectivity index (χ3v) is 3.91. The highest BCUT2D eigenvalue weighted by Gasteiger charge is 2.11. The first kappa shape index (κ1) is 18.2. The van der Waals surface area contributed by atoms with E-state index < -0.39 is 11.6 Å². The van der Waals surface area contributed by atoms with Gasteiger partial charge in [0.25, 0.3) is 0 Å². The molecular formula is C21H17NO5. The zero-order chi connectivity index (χ0) is 19.2. The third-order valence-electron chi connectivity index (χ3n) is 3.91. The molecule has 1 heterocycles. The van der Waals surface area contributed by atoms with Crippen LogP contribution in [-0.2, 0) is 11.2 Å². The monoisotopic (exact) mass is 363 g/mol. The Morgan fingerprint density at radius 3 is 2.78 bits per heavy atom. The Bertz CT molecular complexity index is 1080. The summed E-state index contributed by atoms with van der Waals surface area (Å²) in [5, 5.41) is 9.84. The van der Waals surface area contributed by atoms with Gasteiger partial charge in [-0.15, -0.1) is 0 Å². The topological polar surface area (TPSA) is 89.5 Å². The number of carbonyl (C=O) groups is 1. The number of ether oxygens (including phenoxy) is 2. The lowest BCUT2D eigenvalue weighted by Crippen LogP contribution is -2.18. The van der Waals surface area contributed by atoms with Gasteiger partial charge in [0.1, 0.15) is 23.2 Å². The Morgan fingerprint density at radius 2 is 2.00 bits per heavy atom. The van der Waals surface area contributed by atoms with E-state index in [1.165, 1.54) is 12.1 Å². The normalized spacial score (nSPS) is 10.4. The molecule has 3 aromatic rings. The molecule has 2 aromatic carbocycles. The van der Waals surface area contributed by atoms with E-state index in [0.717, 1.165) is 23.8 Å². The number of nitriles is 1. The van der Waals surface area contributed by atoms with Crippen LogP contribution in [0.5, 0.6) is 11.5 Å². The number of fused-ring (bicyclic) bond motifs is 1. The van der Waals surface area contributed by atoms with Gasteiger partial charge in [-0.25, -0.2) is 9.59 Å². The summed E-state index contributed by atoms with van der Waals surface area (Å²) in [5.74, 6) is -0.0683. The van der Waals surface area contributed by atoms with Crippen LogP contribution in [0.25, 0.3) is 11.0 Å². The summed E-state index contributed by atoms with van der Waals surface area (Å²) in [7, 11) is 0. The van der Waals surface area contributed by atoms with E-state index in [1.54, 1.807) is 36.4 Å². The minimum Gasteiger partial charge on any atom is -0.481 e. The highest BCUT2D eigenvalue weighted by molar-refractivity contribution is 5.83. The van der Waals surface area contributed by atoms with Crippen LogP contribution in [0.3, 0.4) is 0 Å². The van der Waals surface area contributed by atoms with E-state index in [4.69, 9.17) is 19.2 Å². The average molecular weight is 363 g/mol. The van der Waals surface area contributed by atoms with Gasteiger partial charge in [0.15, 0.2) is 6.61 Å². The molecule has 0 bridgehead atoms. The van der Waals surface area contributed by atoms with Crippen LogP contribution in [0.1, 0.15) is 24.5 Å². The average Bonchev–Trinajstić information content (AvgIpc) is 2.66. The molecule has 27 heavy (non-hydrogen) atoms. The van der Waals surface area contributed by atoms with Crippen LogP contribution < -0.4 is 15.1 Å². The molecule has 0 aliphatic rings. The fraction of sp³-hybridized carbons (Fsp3) is 0.190. The molecule has 1 aromatic heterocycles. The minimum atomic E-state index is -0.630. The number of para-hydroxylation sites is 1. The Hall–Kier alpha value is -3.59. The molecular weight excluding hydrogens is 346 g/mol. The van der Waals surface area contributed by atoms with Crippen LogP contribution >= 0.6 is 0 Å². The fourth-order valence-corrected chi connectivity index (χ4v) is 2.73. The Kier molecular flexibility index (Phi) is 5.53. The molecule has 6 nitrogen and oxygen atoms in total. The molecule has 0 saturated heterocycles. The number of hydrogen-bond acceptors (Lipinski definition) is 6. The highest BCUT2D eigenvalue weighted by atomic mass is 16.6. The van der Waals surface area contributed by atoms with Gasteiger partial charge in [0, 0.05) is 17.5 Å². The maximum absolute atomic E-state index is 12.0. The van der Waals surface area contributed by atoms with Crippen LogP contribution in [-0.4, -0.2) is 12.6 Å². The quantitative estimate of drug-likeness (QED) is 0.378. The zero-order valence-corrected chi connectivity index (χ0v) is 14.7. The summed E-state index contributed by atoms with van der Waals surface area (Å²) in [6, 6.07) is 15.0. The number of rotatable bonds is 6. The standard InChI is InChI=1S/C21H17NO5/c1-2-5-14-10-20(23)27-19-11-16(8-9-17(14)19)26-21(24)13-25-18-7-4-3-6-15(18)12-22/h3-4,6-11H,2,5,13H2,1H3. The van der Waals surface area contributed by atoms with Gasteiger partial charge in [-0.1, -0.05) is 25.5 Å². The van der Waals surface area contributed by atoms with Crippen LogP contribution in [0.4, 0.5) is 0 Å². The molecule has 0 saturated carbocycles. The van der Waals surface area contributed by atoms with Crippen LogP contribution in [0.15, 0.2) is 57.7 Å². The van der Waals surface area contributed by atoms with Gasteiger partial charge in [-0.2, -0.15) is 5.26 Å². The second-order valence-corrected chi connectivity index (χ2v) is 5.87. The molecule has 3 rings (SSSR count). The number of carbonyl (C=O) groups excluding carboxylic acids is 1. The first-order valence-electron chi connectivity index (χ1n) is 8.50. The maximum Gasteiger partial charge on any atom is 0.349 e. The maximum atomic E-state index is 12.0. The summed E-state index contributed by atoms with van der Waals surface area (Å²) < 4.78 is 15.8. The zero-order valence-electron chi connectivity index (χ0n) is 14.7. The molecule has 0 N–H and O–H groups in total. The molecule has 0 atom stereocenters. The number of benzene rings is 2. The summed E-state index contributed by atoms with van der Waals surface area (Å²) >= 11 is 0. The van der Waals surface area contributed by atoms with Crippen molar-refractivity contribution in [2.24, 2.45) is 0 Å². The first-order chi connectivity index (χ1) is 13.1. The summed E-state index contributed by atoms with van der Waals surface area (Å²) in [6.45, 7) is 1.68. The van der Waals surface area contributed by atoms with Gasteiger partial charge in [0.05, 0.1) is 5.56 Å². The summed E-state index contributed by atoms with van der Waals surface area (Å²) in [6.07, 6.45) is 1.66. The van der Waals surface area contributed by atoms with Crippen molar-refractivity contribution < 1.29 is 18.7 Å². The first-order valence-corrected chi connectivity index (χ1v) is 8.50. The summed E-state index contributed by atoms with van der Waals surface area (Å²) in [5.41, 5.74) is 1.16. The van der Waals surface area contributed by atoms with Gasteiger partial charge in [0.2, 0.25) is 0 Å². The summed E-state index contributed by atoms with van der Waals surface area (Å²) in [4.78, 5) is 23.7. The molecule has 0 fully saturated rings. The van der Waals surface area contributed by atoms with Gasteiger partial charge in [-0.3, -0.25) is 0 Å². The SMILES string of the molecule is CCCc1cc(=O)oc2cc(OC(=O)COc3ccccc3C#N)ccc12. The van der Waals surface area contributed by atoms with Crippen LogP contribution in [0, 0.1) is 11.3 Å². The molecule has 0 radical (unpaired) electrons. The van der Waals surface area contributed by atoms with Crippen molar-refractivity contribution >= 4 is 16.9 Å². The molecule has 0 aliphatic heterocycles. The number of hydrogen-bond donors (Lipinski definition) is 0. The van der Waals surface area contributed by atoms with Gasteiger partial charge < -0.3 is 13.9 Å². The Labute approximate surface area is 155 Å². The second kappa shape index (κ2) is 8.19. The van der Waals surface area contributed by atoms with Crippen LogP contribution in [0.2, 0.25) is 0 Å². The number of esters is 1. The predicted octanol–water partition coefficient (Wildman–Crippen LogP) is 3.60. The molecule has 0 aliphatic carbocycles. The molecule has 0 spiro atoms. The van der Waals surface area contributed by atoms with E-state index >= 15 is 0 Å². The molecule has 0 unspecified atom stereocenters. The second-order valence-electron chi connectivity index (χ2n) is 5.87. The fourth-order valence-electron chi connectivity index (χ4n) is 2.73. The molecule has 136 valence electrons. The smallest absolute Gasteiger partial charge is 0.349 e. The third kappa shape index (κ3) is 4.33. The van der Waals surface area contributed by atoms with E-state index in [-0.39, 0.29) is 12.4 Å². The van der Waals surface area contributed by atoms with E-state index in [9.17, 15) is 9.59 Å². The van der Waals surface area contributed by atoms with E-state index in [1.807, 2.05) is 13.0 Å². The van der Waals surface area contributed by atoms with Gasteiger partial charge >= 0.3 is 11.6 Å². The van der Waals surface area contributed by atoms with E-state index in [2.05, 4.69) is 0 Å². The van der Waals surface area contributed by atoms with Crippen molar-refractivity contribution in [3.63, 3.8) is 0 Å². The molecule has 6 heteroatoms.